The maximum atomic E-state index is 14.4. The summed E-state index contributed by atoms with van der Waals surface area (Å²) >= 11 is 3.37. The van der Waals surface area contributed by atoms with Crippen molar-refractivity contribution in [2.75, 3.05) is 5.32 Å². The SMILES string of the molecule is Fc1ccc(C2=C[C@@H](c3cc(Br)ccc3F)n3ncnc3N2)cc1. The number of fused-ring (bicyclic) bond motifs is 1. The van der Waals surface area contributed by atoms with E-state index >= 15 is 0 Å². The second-order valence-electron chi connectivity index (χ2n) is 5.35. The zero-order valence-corrected chi connectivity index (χ0v) is 13.8. The van der Waals surface area contributed by atoms with Crippen molar-refractivity contribution in [3.8, 4) is 0 Å². The van der Waals surface area contributed by atoms with Crippen LogP contribution in [-0.2, 0) is 0 Å². The molecule has 0 amide bonds. The Hall–Kier alpha value is -2.54. The molecule has 0 bridgehead atoms. The molecule has 0 saturated heterocycles. The highest BCUT2D eigenvalue weighted by atomic mass is 79.9. The van der Waals surface area contributed by atoms with Gasteiger partial charge in [-0.1, -0.05) is 15.9 Å². The summed E-state index contributed by atoms with van der Waals surface area (Å²) in [7, 11) is 0. The third-order valence-electron chi connectivity index (χ3n) is 3.84. The maximum absolute atomic E-state index is 14.4. The van der Waals surface area contributed by atoms with E-state index in [0.717, 1.165) is 15.7 Å². The third-order valence-corrected chi connectivity index (χ3v) is 4.33. The molecule has 1 N–H and O–H groups in total. The molecule has 4 nitrogen and oxygen atoms in total. The highest BCUT2D eigenvalue weighted by Crippen LogP contribution is 2.34. The van der Waals surface area contributed by atoms with E-state index in [2.05, 4.69) is 31.3 Å². The van der Waals surface area contributed by atoms with E-state index in [9.17, 15) is 8.78 Å². The summed E-state index contributed by atoms with van der Waals surface area (Å²) in [6.45, 7) is 0. The number of nitrogens with zero attached hydrogens (tertiary/aromatic N) is 3. The second kappa shape index (κ2) is 5.83. The predicted octanol–water partition coefficient (Wildman–Crippen LogP) is 4.37. The number of anilines is 1. The molecule has 2 aromatic carbocycles. The van der Waals surface area contributed by atoms with Crippen LogP contribution in [0, 0.1) is 11.6 Å². The number of benzene rings is 2. The molecule has 0 fully saturated rings. The molecule has 4 rings (SSSR count). The summed E-state index contributed by atoms with van der Waals surface area (Å²) in [6.07, 6.45) is 3.26. The first kappa shape index (κ1) is 15.0. The normalized spacial score (nSPS) is 16.3. The van der Waals surface area contributed by atoms with Gasteiger partial charge in [-0.05, 0) is 54.1 Å². The molecule has 120 valence electrons. The summed E-state index contributed by atoms with van der Waals surface area (Å²) in [5.41, 5.74) is 1.98. The van der Waals surface area contributed by atoms with E-state index < -0.39 is 6.04 Å². The van der Waals surface area contributed by atoms with Crippen molar-refractivity contribution < 1.29 is 8.78 Å². The van der Waals surface area contributed by atoms with Gasteiger partial charge in [-0.3, -0.25) is 0 Å². The fourth-order valence-electron chi connectivity index (χ4n) is 2.69. The minimum absolute atomic E-state index is 0.312. The Kier molecular flexibility index (Phi) is 3.65. The molecule has 0 saturated carbocycles. The van der Waals surface area contributed by atoms with E-state index in [-0.39, 0.29) is 11.6 Å². The van der Waals surface area contributed by atoms with Gasteiger partial charge in [0.2, 0.25) is 5.95 Å². The topological polar surface area (TPSA) is 42.7 Å². The van der Waals surface area contributed by atoms with Gasteiger partial charge in [-0.25, -0.2) is 13.5 Å². The van der Waals surface area contributed by atoms with E-state index in [1.54, 1.807) is 28.9 Å². The van der Waals surface area contributed by atoms with Crippen molar-refractivity contribution in [1.29, 1.82) is 0 Å². The second-order valence-corrected chi connectivity index (χ2v) is 6.27. The van der Waals surface area contributed by atoms with E-state index in [1.807, 2.05) is 6.08 Å². The van der Waals surface area contributed by atoms with Crippen molar-refractivity contribution in [1.82, 2.24) is 14.8 Å². The lowest BCUT2D eigenvalue weighted by molar-refractivity contribution is 0.551. The Morgan fingerprint density at radius 2 is 1.88 bits per heavy atom. The number of rotatable bonds is 2. The lowest BCUT2D eigenvalue weighted by Crippen LogP contribution is -2.21. The third kappa shape index (κ3) is 2.60. The number of hydrogen-bond acceptors (Lipinski definition) is 3. The van der Waals surface area contributed by atoms with Crippen molar-refractivity contribution in [2.24, 2.45) is 0 Å². The zero-order chi connectivity index (χ0) is 16.7. The molecule has 0 spiro atoms. The first-order valence-electron chi connectivity index (χ1n) is 7.21. The number of allylic oxidation sites excluding steroid dienone is 1. The van der Waals surface area contributed by atoms with E-state index in [4.69, 9.17) is 0 Å². The van der Waals surface area contributed by atoms with Crippen LogP contribution in [0.15, 0.2) is 59.3 Å². The lowest BCUT2D eigenvalue weighted by Gasteiger charge is -2.24. The largest absolute Gasteiger partial charge is 0.324 e. The smallest absolute Gasteiger partial charge is 0.226 e. The number of hydrogen-bond donors (Lipinski definition) is 1. The van der Waals surface area contributed by atoms with Crippen molar-refractivity contribution in [2.45, 2.75) is 6.04 Å². The van der Waals surface area contributed by atoms with Crippen LogP contribution in [0.4, 0.5) is 14.7 Å². The molecular weight excluding hydrogens is 378 g/mol. The summed E-state index contributed by atoms with van der Waals surface area (Å²) in [5, 5.41) is 7.32. The molecule has 1 aromatic heterocycles. The van der Waals surface area contributed by atoms with Crippen LogP contribution in [0.3, 0.4) is 0 Å². The maximum Gasteiger partial charge on any atom is 0.226 e. The molecule has 1 aliphatic heterocycles. The number of halogens is 3. The molecule has 3 aromatic rings. The summed E-state index contributed by atoms with van der Waals surface area (Å²) in [4.78, 5) is 4.17. The average molecular weight is 389 g/mol. The monoisotopic (exact) mass is 388 g/mol. The van der Waals surface area contributed by atoms with Crippen LogP contribution < -0.4 is 5.32 Å². The van der Waals surface area contributed by atoms with Crippen molar-refractivity contribution in [3.05, 3.63) is 82.1 Å². The molecule has 0 unspecified atom stereocenters. The Balaban J connectivity index is 1.85. The minimum atomic E-state index is -0.457. The standard InChI is InChI=1S/C17H11BrF2N4/c18-11-3-6-14(20)13(7-11)16-8-15(10-1-4-12(19)5-2-10)23-17-21-9-22-24(16)17/h1-9,16H,(H,21,22,23)/t16-/m0/s1. The fourth-order valence-corrected chi connectivity index (χ4v) is 3.07. The summed E-state index contributed by atoms with van der Waals surface area (Å²) < 4.78 is 29.9. The Morgan fingerprint density at radius 3 is 2.67 bits per heavy atom. The van der Waals surface area contributed by atoms with Crippen LogP contribution in [-0.4, -0.2) is 14.8 Å². The van der Waals surface area contributed by atoms with Gasteiger partial charge in [0.1, 0.15) is 24.0 Å². The van der Waals surface area contributed by atoms with E-state index in [1.165, 1.54) is 24.5 Å². The Morgan fingerprint density at radius 1 is 1.08 bits per heavy atom. The molecular formula is C17H11BrF2N4. The number of nitrogens with one attached hydrogen (secondary N) is 1. The highest BCUT2D eigenvalue weighted by molar-refractivity contribution is 9.10. The van der Waals surface area contributed by atoms with Gasteiger partial charge < -0.3 is 5.32 Å². The molecule has 24 heavy (non-hydrogen) atoms. The van der Waals surface area contributed by atoms with Crippen molar-refractivity contribution >= 4 is 27.6 Å². The van der Waals surface area contributed by atoms with Gasteiger partial charge in [0, 0.05) is 15.7 Å². The summed E-state index contributed by atoms with van der Waals surface area (Å²) in [5.74, 6) is -0.143. The van der Waals surface area contributed by atoms with Gasteiger partial charge in [0.05, 0.1) is 0 Å². The number of aromatic nitrogens is 3. The van der Waals surface area contributed by atoms with Crippen LogP contribution in [0.2, 0.25) is 0 Å². The minimum Gasteiger partial charge on any atom is -0.324 e. The van der Waals surface area contributed by atoms with Gasteiger partial charge in [-0.2, -0.15) is 10.1 Å². The molecule has 7 heteroatoms. The lowest BCUT2D eigenvalue weighted by atomic mass is 10.0. The fraction of sp³-hybridized carbons (Fsp3) is 0.0588. The molecule has 0 aliphatic carbocycles. The average Bonchev–Trinajstić information content (AvgIpc) is 3.05. The molecule has 1 atom stereocenters. The molecule has 1 aliphatic rings. The van der Waals surface area contributed by atoms with Gasteiger partial charge in [0.25, 0.3) is 0 Å². The molecule has 0 radical (unpaired) electrons. The van der Waals surface area contributed by atoms with Crippen LogP contribution in [0.5, 0.6) is 0 Å². The van der Waals surface area contributed by atoms with Gasteiger partial charge in [-0.15, -0.1) is 0 Å². The van der Waals surface area contributed by atoms with Gasteiger partial charge >= 0.3 is 0 Å². The van der Waals surface area contributed by atoms with Gasteiger partial charge in [0.15, 0.2) is 0 Å². The summed E-state index contributed by atoms with van der Waals surface area (Å²) in [6, 6.07) is 10.4. The highest BCUT2D eigenvalue weighted by Gasteiger charge is 2.25. The first-order valence-corrected chi connectivity index (χ1v) is 8.00. The van der Waals surface area contributed by atoms with Crippen molar-refractivity contribution in [3.63, 3.8) is 0 Å². The molecule has 2 heterocycles. The quantitative estimate of drug-likeness (QED) is 0.708. The zero-order valence-electron chi connectivity index (χ0n) is 12.2. The Labute approximate surface area is 145 Å². The van der Waals surface area contributed by atoms with Crippen LogP contribution >= 0.6 is 15.9 Å². The first-order chi connectivity index (χ1) is 11.6. The van der Waals surface area contributed by atoms with Crippen LogP contribution in [0.1, 0.15) is 17.2 Å². The van der Waals surface area contributed by atoms with Crippen LogP contribution in [0.25, 0.3) is 5.70 Å². The van der Waals surface area contributed by atoms with E-state index in [0.29, 0.717) is 11.5 Å². The predicted molar refractivity (Wildman–Crippen MR) is 90.3 cm³/mol. The Bertz CT molecular complexity index is 934.